The van der Waals surface area contributed by atoms with Crippen LogP contribution in [0.4, 0.5) is 0 Å². The Balaban J connectivity index is 2.10. The molecule has 1 atom stereocenters. The van der Waals surface area contributed by atoms with Gasteiger partial charge in [-0.25, -0.2) is 0 Å². The summed E-state index contributed by atoms with van der Waals surface area (Å²) in [7, 11) is 0. The molecule has 1 aromatic carbocycles. The molecule has 1 saturated carbocycles. The maximum absolute atomic E-state index is 3.69. The standard InChI is InChI=1S/C14H20BrN/c1-2-9-16-14(11-5-3-6-11)12-7-4-8-13(15)10-12/h4,7-8,10-11,14,16H,2-3,5-6,9H2,1H3. The van der Waals surface area contributed by atoms with E-state index in [-0.39, 0.29) is 0 Å². The van der Waals surface area contributed by atoms with Crippen molar-refractivity contribution >= 4 is 15.9 Å². The van der Waals surface area contributed by atoms with Crippen molar-refractivity contribution in [3.63, 3.8) is 0 Å². The van der Waals surface area contributed by atoms with Crippen LogP contribution in [0.3, 0.4) is 0 Å². The van der Waals surface area contributed by atoms with Crippen LogP contribution in [0.1, 0.15) is 44.2 Å². The lowest BCUT2D eigenvalue weighted by atomic mass is 9.77. The van der Waals surface area contributed by atoms with E-state index >= 15 is 0 Å². The highest BCUT2D eigenvalue weighted by atomic mass is 79.9. The van der Waals surface area contributed by atoms with Gasteiger partial charge < -0.3 is 5.32 Å². The molecule has 2 rings (SSSR count). The van der Waals surface area contributed by atoms with Gasteiger partial charge in [0, 0.05) is 10.5 Å². The summed E-state index contributed by atoms with van der Waals surface area (Å²) in [5.74, 6) is 0.848. The van der Waals surface area contributed by atoms with E-state index in [9.17, 15) is 0 Å². The van der Waals surface area contributed by atoms with Gasteiger partial charge in [0.2, 0.25) is 0 Å². The summed E-state index contributed by atoms with van der Waals surface area (Å²) < 4.78 is 1.19. The molecule has 1 aliphatic carbocycles. The summed E-state index contributed by atoms with van der Waals surface area (Å²) in [6, 6.07) is 9.30. The van der Waals surface area contributed by atoms with Crippen molar-refractivity contribution in [1.82, 2.24) is 5.32 Å². The third-order valence-electron chi connectivity index (χ3n) is 3.44. The summed E-state index contributed by atoms with van der Waals surface area (Å²) in [5.41, 5.74) is 1.44. The van der Waals surface area contributed by atoms with E-state index in [0.29, 0.717) is 6.04 Å². The lowest BCUT2D eigenvalue weighted by Gasteiger charge is -2.35. The molecule has 1 N–H and O–H groups in total. The summed E-state index contributed by atoms with van der Waals surface area (Å²) in [6.45, 7) is 3.35. The molecule has 2 heteroatoms. The molecule has 0 saturated heterocycles. The number of nitrogens with one attached hydrogen (secondary N) is 1. The Morgan fingerprint density at radius 2 is 2.25 bits per heavy atom. The zero-order valence-corrected chi connectivity index (χ0v) is 11.5. The normalized spacial score (nSPS) is 18.1. The maximum Gasteiger partial charge on any atom is 0.0349 e. The van der Waals surface area contributed by atoms with E-state index < -0.39 is 0 Å². The molecular formula is C14H20BrN. The number of rotatable bonds is 5. The molecule has 1 aliphatic rings. The maximum atomic E-state index is 3.69. The van der Waals surface area contributed by atoms with Gasteiger partial charge in [0.1, 0.15) is 0 Å². The lowest BCUT2D eigenvalue weighted by Crippen LogP contribution is -2.32. The van der Waals surface area contributed by atoms with Gasteiger partial charge in [-0.05, 0) is 49.4 Å². The second kappa shape index (κ2) is 5.83. The van der Waals surface area contributed by atoms with E-state index in [1.807, 2.05) is 0 Å². The van der Waals surface area contributed by atoms with E-state index in [0.717, 1.165) is 12.5 Å². The van der Waals surface area contributed by atoms with Crippen LogP contribution >= 0.6 is 15.9 Å². The van der Waals surface area contributed by atoms with Gasteiger partial charge in [0.05, 0.1) is 0 Å². The predicted molar refractivity (Wildman–Crippen MR) is 72.5 cm³/mol. The summed E-state index contributed by atoms with van der Waals surface area (Å²) in [5, 5.41) is 3.69. The fraction of sp³-hybridized carbons (Fsp3) is 0.571. The molecule has 1 aromatic rings. The first-order valence-electron chi connectivity index (χ1n) is 6.30. The fourth-order valence-electron chi connectivity index (χ4n) is 2.33. The van der Waals surface area contributed by atoms with Crippen LogP contribution in [0.2, 0.25) is 0 Å². The largest absolute Gasteiger partial charge is 0.310 e. The monoisotopic (exact) mass is 281 g/mol. The van der Waals surface area contributed by atoms with Crippen molar-refractivity contribution in [3.05, 3.63) is 34.3 Å². The first-order valence-corrected chi connectivity index (χ1v) is 7.09. The first kappa shape index (κ1) is 12.1. The number of benzene rings is 1. The minimum Gasteiger partial charge on any atom is -0.310 e. The van der Waals surface area contributed by atoms with Crippen molar-refractivity contribution in [2.75, 3.05) is 6.54 Å². The molecule has 0 aromatic heterocycles. The molecule has 1 fully saturated rings. The number of halogens is 1. The van der Waals surface area contributed by atoms with Crippen molar-refractivity contribution in [2.45, 2.75) is 38.6 Å². The highest BCUT2D eigenvalue weighted by Crippen LogP contribution is 2.38. The molecule has 1 unspecified atom stereocenters. The predicted octanol–water partition coefficient (Wildman–Crippen LogP) is 4.29. The topological polar surface area (TPSA) is 12.0 Å². The molecule has 0 aliphatic heterocycles. The minimum absolute atomic E-state index is 0.561. The SMILES string of the molecule is CCCNC(c1cccc(Br)c1)C1CCC1. The zero-order chi connectivity index (χ0) is 11.4. The summed E-state index contributed by atoms with van der Waals surface area (Å²) in [6.07, 6.45) is 5.38. The molecule has 0 amide bonds. The Bertz CT molecular complexity index is 333. The number of hydrogen-bond donors (Lipinski definition) is 1. The highest BCUT2D eigenvalue weighted by Gasteiger charge is 2.27. The van der Waals surface area contributed by atoms with Crippen LogP contribution in [0.15, 0.2) is 28.7 Å². The van der Waals surface area contributed by atoms with Crippen LogP contribution in [0.25, 0.3) is 0 Å². The van der Waals surface area contributed by atoms with E-state index in [4.69, 9.17) is 0 Å². The lowest BCUT2D eigenvalue weighted by molar-refractivity contribution is 0.231. The van der Waals surface area contributed by atoms with Crippen LogP contribution in [0.5, 0.6) is 0 Å². The Morgan fingerprint density at radius 3 is 2.81 bits per heavy atom. The van der Waals surface area contributed by atoms with Crippen LogP contribution in [0, 0.1) is 5.92 Å². The van der Waals surface area contributed by atoms with Crippen molar-refractivity contribution in [1.29, 1.82) is 0 Å². The van der Waals surface area contributed by atoms with Crippen molar-refractivity contribution in [3.8, 4) is 0 Å². The minimum atomic E-state index is 0.561. The molecule has 1 nitrogen and oxygen atoms in total. The fourth-order valence-corrected chi connectivity index (χ4v) is 2.75. The molecule has 0 spiro atoms. The first-order chi connectivity index (χ1) is 7.81. The Kier molecular flexibility index (Phi) is 4.42. The second-order valence-corrected chi connectivity index (χ2v) is 5.59. The van der Waals surface area contributed by atoms with Crippen LogP contribution in [-0.4, -0.2) is 6.54 Å². The average Bonchev–Trinajstić information content (AvgIpc) is 2.21. The molecule has 0 heterocycles. The van der Waals surface area contributed by atoms with Crippen molar-refractivity contribution in [2.24, 2.45) is 5.92 Å². The molecule has 16 heavy (non-hydrogen) atoms. The second-order valence-electron chi connectivity index (χ2n) is 4.68. The van der Waals surface area contributed by atoms with Gasteiger partial charge in [-0.3, -0.25) is 0 Å². The van der Waals surface area contributed by atoms with Gasteiger partial charge in [0.15, 0.2) is 0 Å². The summed E-state index contributed by atoms with van der Waals surface area (Å²) in [4.78, 5) is 0. The van der Waals surface area contributed by atoms with Crippen molar-refractivity contribution < 1.29 is 0 Å². The smallest absolute Gasteiger partial charge is 0.0349 e. The van der Waals surface area contributed by atoms with Gasteiger partial charge in [-0.15, -0.1) is 0 Å². The quantitative estimate of drug-likeness (QED) is 0.849. The number of hydrogen-bond acceptors (Lipinski definition) is 1. The molecule has 88 valence electrons. The third-order valence-corrected chi connectivity index (χ3v) is 3.94. The van der Waals surface area contributed by atoms with E-state index in [1.165, 1.54) is 35.7 Å². The Morgan fingerprint density at radius 1 is 1.44 bits per heavy atom. The highest BCUT2D eigenvalue weighted by molar-refractivity contribution is 9.10. The Labute approximate surface area is 107 Å². The van der Waals surface area contributed by atoms with Crippen LogP contribution in [-0.2, 0) is 0 Å². The van der Waals surface area contributed by atoms with E-state index in [1.54, 1.807) is 0 Å². The van der Waals surface area contributed by atoms with Gasteiger partial charge in [-0.2, -0.15) is 0 Å². The van der Waals surface area contributed by atoms with Crippen LogP contribution < -0.4 is 5.32 Å². The molecule has 0 radical (unpaired) electrons. The van der Waals surface area contributed by atoms with Gasteiger partial charge in [0.25, 0.3) is 0 Å². The average molecular weight is 282 g/mol. The van der Waals surface area contributed by atoms with E-state index in [2.05, 4.69) is 52.4 Å². The molecule has 0 bridgehead atoms. The van der Waals surface area contributed by atoms with Gasteiger partial charge >= 0.3 is 0 Å². The van der Waals surface area contributed by atoms with Gasteiger partial charge in [-0.1, -0.05) is 41.4 Å². The molecular weight excluding hydrogens is 262 g/mol. The third kappa shape index (κ3) is 2.86. The zero-order valence-electron chi connectivity index (χ0n) is 9.88. The summed E-state index contributed by atoms with van der Waals surface area (Å²) >= 11 is 3.56. The Hall–Kier alpha value is -0.340.